The van der Waals surface area contributed by atoms with Crippen molar-refractivity contribution in [1.29, 1.82) is 0 Å². The quantitative estimate of drug-likeness (QED) is 0.792. The molecule has 1 saturated carbocycles. The van der Waals surface area contributed by atoms with E-state index in [2.05, 4.69) is 5.32 Å². The van der Waals surface area contributed by atoms with Gasteiger partial charge in [-0.3, -0.25) is 4.79 Å². The number of hydrogen-bond acceptors (Lipinski definition) is 3. The molecule has 0 bridgehead atoms. The molecule has 2 N–H and O–H groups in total. The Kier molecular flexibility index (Phi) is 5.99. The van der Waals surface area contributed by atoms with Crippen LogP contribution in [0.2, 0.25) is 0 Å². The molecular formula is C16H22FNO3. The van der Waals surface area contributed by atoms with Crippen molar-refractivity contribution < 1.29 is 19.0 Å². The monoisotopic (exact) mass is 295 g/mol. The summed E-state index contributed by atoms with van der Waals surface area (Å²) in [5.74, 6) is 0.246. The first-order chi connectivity index (χ1) is 10.1. The molecule has 4 nitrogen and oxygen atoms in total. The average molecular weight is 295 g/mol. The van der Waals surface area contributed by atoms with Crippen LogP contribution in [0.15, 0.2) is 24.3 Å². The van der Waals surface area contributed by atoms with Crippen molar-refractivity contribution in [2.45, 2.75) is 50.7 Å². The van der Waals surface area contributed by atoms with Gasteiger partial charge in [0.25, 0.3) is 0 Å². The Labute approximate surface area is 124 Å². The molecule has 2 atom stereocenters. The van der Waals surface area contributed by atoms with Gasteiger partial charge in [0, 0.05) is 6.42 Å². The van der Waals surface area contributed by atoms with E-state index in [-0.39, 0.29) is 17.8 Å². The number of amides is 1. The maximum Gasteiger partial charge on any atom is 0.220 e. The first-order valence-electron chi connectivity index (χ1n) is 7.51. The highest BCUT2D eigenvalue weighted by Gasteiger charge is 2.24. The van der Waals surface area contributed by atoms with Gasteiger partial charge in [0.2, 0.25) is 5.91 Å². The standard InChI is InChI=1S/C16H22FNO3/c17-12-7-9-13(10-8-12)21-11-3-6-16(20)18-14-4-1-2-5-15(14)19/h7-10,14-15,19H,1-6,11H2,(H,18,20)/t14-,15-/m0/s1. The van der Waals surface area contributed by atoms with Crippen molar-refractivity contribution in [2.75, 3.05) is 6.61 Å². The summed E-state index contributed by atoms with van der Waals surface area (Å²) in [7, 11) is 0. The van der Waals surface area contributed by atoms with Gasteiger partial charge in [0.05, 0.1) is 18.8 Å². The lowest BCUT2D eigenvalue weighted by Crippen LogP contribution is -2.45. The number of carbonyl (C=O) groups excluding carboxylic acids is 1. The van der Waals surface area contributed by atoms with Crippen LogP contribution in [0.25, 0.3) is 0 Å². The van der Waals surface area contributed by atoms with Gasteiger partial charge in [-0.1, -0.05) is 12.8 Å². The first kappa shape index (κ1) is 15.8. The Morgan fingerprint density at radius 2 is 2.00 bits per heavy atom. The second-order valence-electron chi connectivity index (χ2n) is 5.43. The highest BCUT2D eigenvalue weighted by Crippen LogP contribution is 2.18. The van der Waals surface area contributed by atoms with E-state index in [4.69, 9.17) is 4.74 Å². The number of carbonyl (C=O) groups is 1. The average Bonchev–Trinajstić information content (AvgIpc) is 2.48. The van der Waals surface area contributed by atoms with Crippen LogP contribution in [0.5, 0.6) is 5.75 Å². The summed E-state index contributed by atoms with van der Waals surface area (Å²) in [4.78, 5) is 11.8. The van der Waals surface area contributed by atoms with Crippen molar-refractivity contribution in [3.63, 3.8) is 0 Å². The lowest BCUT2D eigenvalue weighted by Gasteiger charge is -2.28. The maximum absolute atomic E-state index is 12.7. The first-order valence-corrected chi connectivity index (χ1v) is 7.51. The molecule has 0 saturated heterocycles. The Hall–Kier alpha value is -1.62. The molecule has 5 heteroatoms. The number of halogens is 1. The lowest BCUT2D eigenvalue weighted by atomic mass is 9.92. The Morgan fingerprint density at radius 1 is 1.29 bits per heavy atom. The summed E-state index contributed by atoms with van der Waals surface area (Å²) in [6, 6.07) is 5.70. The Morgan fingerprint density at radius 3 is 2.71 bits per heavy atom. The van der Waals surface area contributed by atoms with Crippen molar-refractivity contribution in [3.05, 3.63) is 30.1 Å². The summed E-state index contributed by atoms with van der Waals surface area (Å²) in [6.07, 6.45) is 4.22. The predicted molar refractivity (Wildman–Crippen MR) is 77.5 cm³/mol. The maximum atomic E-state index is 12.7. The number of aliphatic hydroxyl groups excluding tert-OH is 1. The molecule has 2 rings (SSSR count). The molecular weight excluding hydrogens is 273 g/mol. The van der Waals surface area contributed by atoms with Gasteiger partial charge in [-0.15, -0.1) is 0 Å². The predicted octanol–water partition coefficient (Wildman–Crippen LogP) is 2.40. The largest absolute Gasteiger partial charge is 0.494 e. The van der Waals surface area contributed by atoms with Crippen molar-refractivity contribution in [3.8, 4) is 5.75 Å². The second-order valence-corrected chi connectivity index (χ2v) is 5.43. The normalized spacial score (nSPS) is 21.8. The summed E-state index contributed by atoms with van der Waals surface area (Å²) in [5.41, 5.74) is 0. The van der Waals surface area contributed by atoms with E-state index in [1.807, 2.05) is 0 Å². The van der Waals surface area contributed by atoms with Gasteiger partial charge in [0.15, 0.2) is 0 Å². The minimum atomic E-state index is -0.418. The third-order valence-corrected chi connectivity index (χ3v) is 3.71. The van der Waals surface area contributed by atoms with Crippen LogP contribution in [0.3, 0.4) is 0 Å². The fraction of sp³-hybridized carbons (Fsp3) is 0.562. The molecule has 0 aromatic heterocycles. The minimum Gasteiger partial charge on any atom is -0.494 e. The van der Waals surface area contributed by atoms with Gasteiger partial charge < -0.3 is 15.2 Å². The molecule has 1 aliphatic rings. The van der Waals surface area contributed by atoms with Crippen LogP contribution in [-0.2, 0) is 4.79 Å². The number of rotatable bonds is 6. The van der Waals surface area contributed by atoms with E-state index >= 15 is 0 Å². The fourth-order valence-electron chi connectivity index (χ4n) is 2.51. The molecule has 0 heterocycles. The highest BCUT2D eigenvalue weighted by molar-refractivity contribution is 5.76. The summed E-state index contributed by atoms with van der Waals surface area (Å²) in [6.45, 7) is 0.409. The fourth-order valence-corrected chi connectivity index (χ4v) is 2.51. The molecule has 0 unspecified atom stereocenters. The summed E-state index contributed by atoms with van der Waals surface area (Å²) < 4.78 is 18.1. The number of benzene rings is 1. The van der Waals surface area contributed by atoms with Crippen LogP contribution in [0.1, 0.15) is 38.5 Å². The van der Waals surface area contributed by atoms with Crippen LogP contribution in [0, 0.1) is 5.82 Å². The van der Waals surface area contributed by atoms with E-state index in [1.54, 1.807) is 12.1 Å². The molecule has 1 aliphatic carbocycles. The number of aliphatic hydroxyl groups is 1. The molecule has 1 fully saturated rings. The SMILES string of the molecule is O=C(CCCOc1ccc(F)cc1)N[C@H]1CCCC[C@@H]1O. The zero-order chi connectivity index (χ0) is 15.1. The van der Waals surface area contributed by atoms with Crippen molar-refractivity contribution >= 4 is 5.91 Å². The number of hydrogen-bond donors (Lipinski definition) is 2. The zero-order valence-corrected chi connectivity index (χ0v) is 12.1. The summed E-state index contributed by atoms with van der Waals surface area (Å²) in [5, 5.41) is 12.7. The third kappa shape index (κ3) is 5.34. The van der Waals surface area contributed by atoms with Gasteiger partial charge in [-0.25, -0.2) is 4.39 Å². The van der Waals surface area contributed by atoms with E-state index in [0.29, 0.717) is 25.2 Å². The topological polar surface area (TPSA) is 58.6 Å². The van der Waals surface area contributed by atoms with Crippen molar-refractivity contribution in [1.82, 2.24) is 5.32 Å². The number of ether oxygens (including phenoxy) is 1. The smallest absolute Gasteiger partial charge is 0.220 e. The van der Waals surface area contributed by atoms with Crippen LogP contribution >= 0.6 is 0 Å². The van der Waals surface area contributed by atoms with Crippen LogP contribution in [-0.4, -0.2) is 29.8 Å². The minimum absolute atomic E-state index is 0.0522. The Balaban J connectivity index is 1.61. The van der Waals surface area contributed by atoms with E-state index in [9.17, 15) is 14.3 Å². The number of nitrogens with one attached hydrogen (secondary N) is 1. The second kappa shape index (κ2) is 7.98. The van der Waals surface area contributed by atoms with E-state index < -0.39 is 6.10 Å². The molecule has 1 amide bonds. The lowest BCUT2D eigenvalue weighted by molar-refractivity contribution is -0.123. The van der Waals surface area contributed by atoms with Gasteiger partial charge in [-0.05, 0) is 43.5 Å². The van der Waals surface area contributed by atoms with Gasteiger partial charge >= 0.3 is 0 Å². The highest BCUT2D eigenvalue weighted by atomic mass is 19.1. The summed E-state index contributed by atoms with van der Waals surface area (Å²) >= 11 is 0. The molecule has 21 heavy (non-hydrogen) atoms. The van der Waals surface area contributed by atoms with E-state index in [1.165, 1.54) is 12.1 Å². The molecule has 0 radical (unpaired) electrons. The molecule has 0 aliphatic heterocycles. The Bertz CT molecular complexity index is 449. The van der Waals surface area contributed by atoms with Crippen LogP contribution in [0.4, 0.5) is 4.39 Å². The third-order valence-electron chi connectivity index (χ3n) is 3.71. The molecule has 1 aromatic carbocycles. The molecule has 0 spiro atoms. The van der Waals surface area contributed by atoms with Gasteiger partial charge in [-0.2, -0.15) is 0 Å². The molecule has 1 aromatic rings. The molecule has 116 valence electrons. The van der Waals surface area contributed by atoms with Crippen LogP contribution < -0.4 is 10.1 Å². The van der Waals surface area contributed by atoms with Crippen molar-refractivity contribution in [2.24, 2.45) is 0 Å². The zero-order valence-electron chi connectivity index (χ0n) is 12.1. The van der Waals surface area contributed by atoms with E-state index in [0.717, 1.165) is 25.7 Å². The van der Waals surface area contributed by atoms with Gasteiger partial charge in [0.1, 0.15) is 11.6 Å².